The Morgan fingerprint density at radius 3 is 2.48 bits per heavy atom. The van der Waals surface area contributed by atoms with E-state index in [0.717, 1.165) is 17.4 Å². The van der Waals surface area contributed by atoms with Crippen LogP contribution in [0, 0.1) is 24.0 Å². The zero-order valence-electron chi connectivity index (χ0n) is 12.9. The Bertz CT molecular complexity index is 857. The summed E-state index contributed by atoms with van der Waals surface area (Å²) in [7, 11) is -4.21. The highest BCUT2D eigenvalue weighted by atomic mass is 32.2. The van der Waals surface area contributed by atoms with Crippen molar-refractivity contribution in [2.75, 3.05) is 5.32 Å². The number of nitrogens with two attached hydrogens (primary N) is 1. The maximum atomic E-state index is 11.6. The third-order valence-corrected chi connectivity index (χ3v) is 4.35. The quantitative estimate of drug-likeness (QED) is 0.636. The van der Waals surface area contributed by atoms with E-state index in [-0.39, 0.29) is 11.7 Å². The van der Waals surface area contributed by atoms with Crippen molar-refractivity contribution in [2.45, 2.75) is 31.7 Å². The number of nitrogens with zero attached hydrogens (tertiary/aromatic N) is 1. The van der Waals surface area contributed by atoms with Crippen LogP contribution >= 0.6 is 0 Å². The van der Waals surface area contributed by atoms with Gasteiger partial charge in [-0.3, -0.25) is 10.1 Å². The second-order valence-corrected chi connectivity index (χ2v) is 6.72. The van der Waals surface area contributed by atoms with Gasteiger partial charge in [-0.05, 0) is 39.0 Å². The average Bonchev–Trinajstić information content (AvgIpc) is 2.76. The molecule has 1 heterocycles. The van der Waals surface area contributed by atoms with Crippen LogP contribution in [0.15, 0.2) is 33.6 Å². The van der Waals surface area contributed by atoms with E-state index in [2.05, 4.69) is 5.32 Å². The summed E-state index contributed by atoms with van der Waals surface area (Å²) in [6, 6.07) is 5.45. The molecule has 0 aliphatic rings. The van der Waals surface area contributed by atoms with E-state index in [4.69, 9.17) is 9.56 Å². The molecule has 0 aliphatic carbocycles. The molecule has 2 aromatic rings. The third kappa shape index (κ3) is 3.51. The van der Waals surface area contributed by atoms with Crippen molar-refractivity contribution < 1.29 is 17.8 Å². The molecule has 8 nitrogen and oxygen atoms in total. The molecule has 0 bridgehead atoms. The summed E-state index contributed by atoms with van der Waals surface area (Å²) in [4.78, 5) is 10.0. The highest BCUT2D eigenvalue weighted by molar-refractivity contribution is 7.89. The molecule has 2 rings (SSSR count). The topological polar surface area (TPSA) is 128 Å². The van der Waals surface area contributed by atoms with Gasteiger partial charge in [0.15, 0.2) is 4.90 Å². The van der Waals surface area contributed by atoms with Crippen LogP contribution < -0.4 is 10.5 Å². The molecular formula is C14H17N3O5S. The molecule has 0 spiro atoms. The summed E-state index contributed by atoms with van der Waals surface area (Å²) in [6.07, 6.45) is 0. The van der Waals surface area contributed by atoms with Crippen LogP contribution in [0.3, 0.4) is 0 Å². The maximum Gasteiger partial charge on any atom is 0.312 e. The van der Waals surface area contributed by atoms with Crippen LogP contribution in [0.5, 0.6) is 0 Å². The van der Waals surface area contributed by atoms with E-state index >= 15 is 0 Å². The van der Waals surface area contributed by atoms with Crippen LogP contribution in [-0.4, -0.2) is 13.3 Å². The molecule has 0 fully saturated rings. The highest BCUT2D eigenvalue weighted by Gasteiger charge is 2.27. The molecule has 0 unspecified atom stereocenters. The summed E-state index contributed by atoms with van der Waals surface area (Å²) < 4.78 is 28.5. The first-order chi connectivity index (χ1) is 10.6. The van der Waals surface area contributed by atoms with Crippen LogP contribution in [0.1, 0.15) is 30.0 Å². The predicted octanol–water partition coefficient (Wildman–Crippen LogP) is 2.63. The Labute approximate surface area is 133 Å². The number of primary sulfonamides is 1. The van der Waals surface area contributed by atoms with Crippen molar-refractivity contribution in [1.29, 1.82) is 0 Å². The van der Waals surface area contributed by atoms with E-state index in [9.17, 15) is 18.5 Å². The molecule has 0 aliphatic heterocycles. The van der Waals surface area contributed by atoms with Gasteiger partial charge in [0.05, 0.1) is 11.0 Å². The van der Waals surface area contributed by atoms with Gasteiger partial charge >= 0.3 is 5.69 Å². The molecule has 1 aromatic carbocycles. The number of nitro benzene ring substituents is 1. The van der Waals surface area contributed by atoms with Gasteiger partial charge in [0.2, 0.25) is 10.0 Å². The number of nitro groups is 1. The van der Waals surface area contributed by atoms with Gasteiger partial charge in [-0.2, -0.15) is 0 Å². The number of hydrogen-bond acceptors (Lipinski definition) is 6. The lowest BCUT2D eigenvalue weighted by molar-refractivity contribution is -0.386. The monoisotopic (exact) mass is 339 g/mol. The lowest BCUT2D eigenvalue weighted by Crippen LogP contribution is -2.16. The number of anilines is 1. The smallest absolute Gasteiger partial charge is 0.312 e. The van der Waals surface area contributed by atoms with E-state index in [1.165, 1.54) is 12.1 Å². The standard InChI is InChI=1S/C14H17N3O5S/c1-8-7-11(10(3)22-8)9(2)16-12-5-4-6-13(23(15,20)21)14(12)17(18)19/h4-7,9,16H,1-3H3,(H2,15,20,21)/t9-/m0/s1. The fourth-order valence-electron chi connectivity index (χ4n) is 2.45. The molecule has 0 radical (unpaired) electrons. The third-order valence-electron chi connectivity index (χ3n) is 3.41. The van der Waals surface area contributed by atoms with Gasteiger partial charge in [0.1, 0.15) is 17.2 Å². The number of para-hydroxylation sites is 1. The Kier molecular flexibility index (Phi) is 4.44. The van der Waals surface area contributed by atoms with Gasteiger partial charge < -0.3 is 9.73 Å². The number of sulfonamides is 1. The highest BCUT2D eigenvalue weighted by Crippen LogP contribution is 2.34. The zero-order valence-corrected chi connectivity index (χ0v) is 13.7. The summed E-state index contributed by atoms with van der Waals surface area (Å²) in [5.74, 6) is 1.41. The Morgan fingerprint density at radius 2 is 2.00 bits per heavy atom. The first kappa shape index (κ1) is 17.0. The van der Waals surface area contributed by atoms with Crippen molar-refractivity contribution in [3.63, 3.8) is 0 Å². The average molecular weight is 339 g/mol. The van der Waals surface area contributed by atoms with Gasteiger partial charge in [0.25, 0.3) is 0 Å². The minimum atomic E-state index is -4.21. The zero-order chi connectivity index (χ0) is 17.4. The maximum absolute atomic E-state index is 11.6. The Balaban J connectivity index is 2.48. The van der Waals surface area contributed by atoms with E-state index in [1.54, 1.807) is 20.8 Å². The second-order valence-electron chi connectivity index (χ2n) is 5.19. The SMILES string of the molecule is Cc1cc([C@H](C)Nc2cccc(S(N)(=O)=O)c2[N+](=O)[O-])c(C)o1. The fourth-order valence-corrected chi connectivity index (χ4v) is 3.17. The molecule has 1 aromatic heterocycles. The van der Waals surface area contributed by atoms with Gasteiger partial charge in [-0.25, -0.2) is 13.6 Å². The molecule has 0 saturated carbocycles. The van der Waals surface area contributed by atoms with Crippen molar-refractivity contribution in [1.82, 2.24) is 0 Å². The van der Waals surface area contributed by atoms with Crippen LogP contribution in [-0.2, 0) is 10.0 Å². The first-order valence-corrected chi connectivity index (χ1v) is 8.29. The van der Waals surface area contributed by atoms with Crippen molar-refractivity contribution in [2.24, 2.45) is 5.14 Å². The van der Waals surface area contributed by atoms with Crippen molar-refractivity contribution in [3.05, 3.63) is 51.5 Å². The van der Waals surface area contributed by atoms with Crippen LogP contribution in [0.4, 0.5) is 11.4 Å². The lowest BCUT2D eigenvalue weighted by atomic mass is 10.1. The van der Waals surface area contributed by atoms with Gasteiger partial charge in [-0.1, -0.05) is 6.07 Å². The number of hydrogen-bond donors (Lipinski definition) is 2. The normalized spacial score (nSPS) is 12.9. The molecule has 9 heteroatoms. The number of aryl methyl sites for hydroxylation is 2. The minimum Gasteiger partial charge on any atom is -0.466 e. The van der Waals surface area contributed by atoms with Gasteiger partial charge in [-0.15, -0.1) is 0 Å². The molecule has 0 saturated heterocycles. The first-order valence-electron chi connectivity index (χ1n) is 6.75. The Morgan fingerprint density at radius 1 is 1.35 bits per heavy atom. The largest absolute Gasteiger partial charge is 0.466 e. The van der Waals surface area contributed by atoms with E-state index < -0.39 is 25.5 Å². The number of furan rings is 1. The molecule has 0 amide bonds. The number of benzene rings is 1. The molecule has 23 heavy (non-hydrogen) atoms. The van der Waals surface area contributed by atoms with Crippen LogP contribution in [0.25, 0.3) is 0 Å². The van der Waals surface area contributed by atoms with Crippen molar-refractivity contribution >= 4 is 21.4 Å². The van der Waals surface area contributed by atoms with Gasteiger partial charge in [0, 0.05) is 5.56 Å². The molecular weight excluding hydrogens is 322 g/mol. The summed E-state index contributed by atoms with van der Waals surface area (Å²) in [6.45, 7) is 5.38. The summed E-state index contributed by atoms with van der Waals surface area (Å²) in [5, 5.41) is 19.3. The second kappa shape index (κ2) is 6.01. The molecule has 1 atom stereocenters. The predicted molar refractivity (Wildman–Crippen MR) is 84.7 cm³/mol. The van der Waals surface area contributed by atoms with Crippen LogP contribution in [0.2, 0.25) is 0 Å². The molecule has 124 valence electrons. The number of rotatable bonds is 5. The minimum absolute atomic E-state index is 0.0762. The number of nitrogens with one attached hydrogen (secondary N) is 1. The summed E-state index contributed by atoms with van der Waals surface area (Å²) in [5.41, 5.74) is 0.338. The summed E-state index contributed by atoms with van der Waals surface area (Å²) >= 11 is 0. The Hall–Kier alpha value is -2.39. The van der Waals surface area contributed by atoms with E-state index in [1.807, 2.05) is 6.07 Å². The van der Waals surface area contributed by atoms with E-state index in [0.29, 0.717) is 5.76 Å². The molecule has 3 N–H and O–H groups in total. The fraction of sp³-hybridized carbons (Fsp3) is 0.286. The lowest BCUT2D eigenvalue weighted by Gasteiger charge is -2.15. The van der Waals surface area contributed by atoms with Crippen molar-refractivity contribution in [3.8, 4) is 0 Å².